The fourth-order valence-electron chi connectivity index (χ4n) is 2.56. The minimum atomic E-state index is -0.614. The summed E-state index contributed by atoms with van der Waals surface area (Å²) in [6.45, 7) is 1.92. The van der Waals surface area contributed by atoms with Crippen molar-refractivity contribution in [2.45, 2.75) is 38.6 Å². The number of ether oxygens (including phenoxy) is 1. The number of hydrogen-bond acceptors (Lipinski definition) is 3. The maximum atomic E-state index is 11.9. The van der Waals surface area contributed by atoms with Crippen LogP contribution < -0.4 is 5.32 Å². The summed E-state index contributed by atoms with van der Waals surface area (Å²) in [6, 6.07) is 4.62. The number of amides is 1. The standard InChI is InChI=1S/C16H19Cl2NO3/c1-10-2-4-14(5-3-10)19-15(20)9-22-16(21)11-6-12(17)8-13(18)7-11/h6-8,10,14H,2-5,9H2,1H3,(H,19,20). The Bertz CT molecular complexity index is 534. The van der Waals surface area contributed by atoms with Crippen LogP contribution in [-0.2, 0) is 9.53 Å². The molecule has 0 spiro atoms. The number of carbonyl (C=O) groups excluding carboxylic acids is 2. The van der Waals surface area contributed by atoms with Crippen molar-refractivity contribution in [3.05, 3.63) is 33.8 Å². The van der Waals surface area contributed by atoms with Gasteiger partial charge in [0.2, 0.25) is 0 Å². The fourth-order valence-corrected chi connectivity index (χ4v) is 3.09. The zero-order chi connectivity index (χ0) is 16.1. The summed E-state index contributed by atoms with van der Waals surface area (Å²) in [5.41, 5.74) is 0.233. The molecule has 0 aromatic heterocycles. The van der Waals surface area contributed by atoms with E-state index >= 15 is 0 Å². The van der Waals surface area contributed by atoms with E-state index in [4.69, 9.17) is 27.9 Å². The first kappa shape index (κ1) is 17.1. The van der Waals surface area contributed by atoms with Gasteiger partial charge in [-0.2, -0.15) is 0 Å². The molecule has 2 rings (SSSR count). The Balaban J connectivity index is 1.79. The van der Waals surface area contributed by atoms with Crippen molar-refractivity contribution in [1.82, 2.24) is 5.32 Å². The molecule has 0 saturated heterocycles. The third-order valence-electron chi connectivity index (χ3n) is 3.81. The quantitative estimate of drug-likeness (QED) is 0.845. The highest BCUT2D eigenvalue weighted by Crippen LogP contribution is 2.23. The molecule has 0 heterocycles. The molecule has 0 radical (unpaired) electrons. The fraction of sp³-hybridized carbons (Fsp3) is 0.500. The molecule has 1 aromatic carbocycles. The summed E-state index contributed by atoms with van der Waals surface area (Å²) in [5, 5.41) is 3.60. The van der Waals surface area contributed by atoms with Gasteiger partial charge >= 0.3 is 5.97 Å². The third-order valence-corrected chi connectivity index (χ3v) is 4.25. The van der Waals surface area contributed by atoms with Gasteiger partial charge in [-0.15, -0.1) is 0 Å². The number of esters is 1. The Morgan fingerprint density at radius 1 is 1.14 bits per heavy atom. The molecule has 1 aliphatic carbocycles. The van der Waals surface area contributed by atoms with Crippen LogP contribution in [0.5, 0.6) is 0 Å². The van der Waals surface area contributed by atoms with Crippen molar-refractivity contribution >= 4 is 35.1 Å². The smallest absolute Gasteiger partial charge is 0.338 e. The molecule has 0 aliphatic heterocycles. The van der Waals surface area contributed by atoms with Gasteiger partial charge in [0, 0.05) is 16.1 Å². The van der Waals surface area contributed by atoms with Gasteiger partial charge in [0.1, 0.15) is 0 Å². The van der Waals surface area contributed by atoms with Crippen LogP contribution in [0.1, 0.15) is 43.0 Å². The molecule has 120 valence electrons. The van der Waals surface area contributed by atoms with Crippen LogP contribution >= 0.6 is 23.2 Å². The first-order chi connectivity index (χ1) is 10.4. The van der Waals surface area contributed by atoms with Gasteiger partial charge in [0.05, 0.1) is 5.56 Å². The lowest BCUT2D eigenvalue weighted by Gasteiger charge is -2.26. The van der Waals surface area contributed by atoms with Crippen LogP contribution in [0.2, 0.25) is 10.0 Å². The number of rotatable bonds is 4. The Morgan fingerprint density at radius 2 is 1.73 bits per heavy atom. The first-order valence-electron chi connectivity index (χ1n) is 7.36. The minimum Gasteiger partial charge on any atom is -0.452 e. The minimum absolute atomic E-state index is 0.183. The number of halogens is 2. The second kappa shape index (κ2) is 7.84. The summed E-state index contributed by atoms with van der Waals surface area (Å²) in [6.07, 6.45) is 4.19. The molecule has 1 N–H and O–H groups in total. The molecule has 6 heteroatoms. The Kier molecular flexibility index (Phi) is 6.09. The van der Waals surface area contributed by atoms with Crippen molar-refractivity contribution < 1.29 is 14.3 Å². The summed E-state index contributed by atoms with van der Waals surface area (Å²) < 4.78 is 4.99. The largest absolute Gasteiger partial charge is 0.452 e. The normalized spacial score (nSPS) is 21.2. The molecule has 0 unspecified atom stereocenters. The van der Waals surface area contributed by atoms with Gasteiger partial charge in [-0.05, 0) is 49.8 Å². The van der Waals surface area contributed by atoms with Crippen LogP contribution in [0.3, 0.4) is 0 Å². The van der Waals surface area contributed by atoms with Gasteiger partial charge in [-0.25, -0.2) is 4.79 Å². The van der Waals surface area contributed by atoms with Gasteiger partial charge < -0.3 is 10.1 Å². The van der Waals surface area contributed by atoms with E-state index < -0.39 is 5.97 Å². The van der Waals surface area contributed by atoms with Crippen molar-refractivity contribution in [1.29, 1.82) is 0 Å². The molecule has 0 bridgehead atoms. The van der Waals surface area contributed by atoms with Gasteiger partial charge in [-0.3, -0.25) is 4.79 Å². The Morgan fingerprint density at radius 3 is 2.32 bits per heavy atom. The predicted molar refractivity (Wildman–Crippen MR) is 86.3 cm³/mol. The van der Waals surface area contributed by atoms with E-state index in [1.807, 2.05) is 0 Å². The number of nitrogens with one attached hydrogen (secondary N) is 1. The maximum absolute atomic E-state index is 11.9. The predicted octanol–water partition coefficient (Wildman–Crippen LogP) is 3.85. The van der Waals surface area contributed by atoms with Crippen LogP contribution in [0, 0.1) is 5.92 Å². The molecular formula is C16H19Cl2NO3. The molecule has 22 heavy (non-hydrogen) atoms. The molecule has 1 amide bonds. The highest BCUT2D eigenvalue weighted by atomic mass is 35.5. The van der Waals surface area contributed by atoms with Crippen LogP contribution in [-0.4, -0.2) is 24.5 Å². The maximum Gasteiger partial charge on any atom is 0.338 e. The molecule has 1 saturated carbocycles. The number of benzene rings is 1. The SMILES string of the molecule is CC1CCC(NC(=O)COC(=O)c2cc(Cl)cc(Cl)c2)CC1. The molecule has 0 atom stereocenters. The van der Waals surface area contributed by atoms with E-state index in [-0.39, 0.29) is 24.1 Å². The van der Waals surface area contributed by atoms with E-state index in [1.54, 1.807) is 0 Å². The highest BCUT2D eigenvalue weighted by molar-refractivity contribution is 6.35. The molecule has 1 fully saturated rings. The van der Waals surface area contributed by atoms with Crippen molar-refractivity contribution in [2.24, 2.45) is 5.92 Å². The molecule has 4 nitrogen and oxygen atoms in total. The molecular weight excluding hydrogens is 325 g/mol. The van der Waals surface area contributed by atoms with Crippen LogP contribution in [0.25, 0.3) is 0 Å². The van der Waals surface area contributed by atoms with Gasteiger partial charge in [0.25, 0.3) is 5.91 Å². The lowest BCUT2D eigenvalue weighted by atomic mass is 9.87. The zero-order valence-corrected chi connectivity index (χ0v) is 13.9. The Labute approximate surface area is 140 Å². The average Bonchev–Trinajstić information content (AvgIpc) is 2.46. The van der Waals surface area contributed by atoms with Crippen molar-refractivity contribution in [2.75, 3.05) is 6.61 Å². The monoisotopic (exact) mass is 343 g/mol. The summed E-state index contributed by atoms with van der Waals surface area (Å²) in [7, 11) is 0. The third kappa shape index (κ3) is 5.18. The average molecular weight is 344 g/mol. The second-order valence-corrected chi connectivity index (χ2v) is 6.63. The van der Waals surface area contributed by atoms with Crippen LogP contribution in [0.15, 0.2) is 18.2 Å². The molecule has 1 aromatic rings. The first-order valence-corrected chi connectivity index (χ1v) is 8.12. The van der Waals surface area contributed by atoms with E-state index in [9.17, 15) is 9.59 Å². The van der Waals surface area contributed by atoms with Crippen molar-refractivity contribution in [3.63, 3.8) is 0 Å². The van der Waals surface area contributed by atoms with Crippen molar-refractivity contribution in [3.8, 4) is 0 Å². The van der Waals surface area contributed by atoms with Gasteiger partial charge in [0.15, 0.2) is 6.61 Å². The van der Waals surface area contributed by atoms with E-state index in [0.29, 0.717) is 10.0 Å². The highest BCUT2D eigenvalue weighted by Gasteiger charge is 2.20. The lowest BCUT2D eigenvalue weighted by Crippen LogP contribution is -2.39. The van der Waals surface area contributed by atoms with E-state index in [1.165, 1.54) is 18.2 Å². The van der Waals surface area contributed by atoms with Crippen LogP contribution in [0.4, 0.5) is 0 Å². The summed E-state index contributed by atoms with van der Waals surface area (Å²) in [4.78, 5) is 23.7. The number of hydrogen-bond donors (Lipinski definition) is 1. The van der Waals surface area contributed by atoms with E-state index in [2.05, 4.69) is 12.2 Å². The van der Waals surface area contributed by atoms with Gasteiger partial charge in [-0.1, -0.05) is 30.1 Å². The lowest BCUT2D eigenvalue weighted by molar-refractivity contribution is -0.125. The summed E-state index contributed by atoms with van der Waals surface area (Å²) >= 11 is 11.7. The van der Waals surface area contributed by atoms with E-state index in [0.717, 1.165) is 31.6 Å². The number of carbonyl (C=O) groups is 2. The topological polar surface area (TPSA) is 55.4 Å². The molecule has 1 aliphatic rings. The second-order valence-electron chi connectivity index (χ2n) is 5.76. The Hall–Kier alpha value is -1.26. The zero-order valence-electron chi connectivity index (χ0n) is 12.4. The summed E-state index contributed by atoms with van der Waals surface area (Å²) in [5.74, 6) is -0.170.